The molecule has 0 saturated carbocycles. The highest BCUT2D eigenvalue weighted by atomic mass is 31.2. The largest absolute Gasteiger partial charge is 0.472 e. The van der Waals surface area contributed by atoms with E-state index in [2.05, 4.69) is 48.5 Å². The van der Waals surface area contributed by atoms with Crippen LogP contribution >= 0.6 is 15.6 Å². The molecule has 0 rings (SSSR count). The topological polar surface area (TPSA) is 237 Å². The lowest BCUT2D eigenvalue weighted by atomic mass is 9.99. The van der Waals surface area contributed by atoms with Crippen LogP contribution in [0.1, 0.15) is 492 Å². The Labute approximate surface area is 683 Å². The molecule has 0 fully saturated rings. The van der Waals surface area contributed by atoms with Gasteiger partial charge in [-0.15, -0.1) is 0 Å². The van der Waals surface area contributed by atoms with Crippen LogP contribution < -0.4 is 0 Å². The zero-order valence-electron chi connectivity index (χ0n) is 73.4. The smallest absolute Gasteiger partial charge is 0.462 e. The lowest BCUT2D eigenvalue weighted by molar-refractivity contribution is -0.161. The normalized spacial score (nSPS) is 14.0. The van der Waals surface area contributed by atoms with E-state index in [1.807, 2.05) is 0 Å². The fourth-order valence-corrected chi connectivity index (χ4v) is 16.0. The molecule has 19 heteroatoms. The monoisotopic (exact) mass is 1620 g/mol. The van der Waals surface area contributed by atoms with E-state index in [0.717, 1.165) is 108 Å². The summed E-state index contributed by atoms with van der Waals surface area (Å²) in [6, 6.07) is 0. The molecular formula is C92H180O17P2. The average Bonchev–Trinajstić information content (AvgIpc) is 0.899. The number of phosphoric acid groups is 2. The molecule has 0 aliphatic rings. The van der Waals surface area contributed by atoms with Crippen LogP contribution in [-0.2, 0) is 65.4 Å². The first kappa shape index (κ1) is 109. The number of hydrogen-bond donors (Lipinski definition) is 3. The van der Waals surface area contributed by atoms with Crippen LogP contribution in [0.4, 0.5) is 0 Å². The summed E-state index contributed by atoms with van der Waals surface area (Å²) in [5, 5.41) is 10.7. The molecule has 3 N–H and O–H groups in total. The Bertz CT molecular complexity index is 2130. The zero-order valence-corrected chi connectivity index (χ0v) is 75.2. The molecule has 0 aromatic rings. The molecule has 0 saturated heterocycles. The molecule has 660 valence electrons. The molecular weight excluding hydrogens is 1440 g/mol. The van der Waals surface area contributed by atoms with Crippen molar-refractivity contribution in [3.63, 3.8) is 0 Å². The first-order valence-corrected chi connectivity index (χ1v) is 50.4. The fraction of sp³-hybridized carbons (Fsp3) is 0.957. The Morgan fingerprint density at radius 2 is 0.459 bits per heavy atom. The molecule has 0 spiro atoms. The number of rotatable bonds is 90. The van der Waals surface area contributed by atoms with Crippen LogP contribution in [0.15, 0.2) is 0 Å². The molecule has 111 heavy (non-hydrogen) atoms. The second-order valence-corrected chi connectivity index (χ2v) is 37.2. The molecule has 3 unspecified atom stereocenters. The van der Waals surface area contributed by atoms with Crippen molar-refractivity contribution in [2.24, 2.45) is 17.8 Å². The molecule has 0 aliphatic heterocycles. The van der Waals surface area contributed by atoms with Crippen molar-refractivity contribution in [3.8, 4) is 0 Å². The van der Waals surface area contributed by atoms with Crippen LogP contribution in [0.25, 0.3) is 0 Å². The van der Waals surface area contributed by atoms with E-state index in [1.54, 1.807) is 0 Å². The van der Waals surface area contributed by atoms with Gasteiger partial charge in [-0.05, 0) is 43.4 Å². The van der Waals surface area contributed by atoms with E-state index in [1.165, 1.54) is 302 Å². The molecule has 17 nitrogen and oxygen atoms in total. The van der Waals surface area contributed by atoms with Crippen molar-refractivity contribution in [1.29, 1.82) is 0 Å². The van der Waals surface area contributed by atoms with E-state index in [-0.39, 0.29) is 25.7 Å². The van der Waals surface area contributed by atoms with Crippen LogP contribution in [0.5, 0.6) is 0 Å². The van der Waals surface area contributed by atoms with E-state index in [0.29, 0.717) is 25.7 Å². The highest BCUT2D eigenvalue weighted by Gasteiger charge is 2.31. The number of aliphatic hydroxyl groups excluding tert-OH is 1. The lowest BCUT2D eigenvalue weighted by Gasteiger charge is -2.21. The summed E-state index contributed by atoms with van der Waals surface area (Å²) in [7, 11) is -9.94. The first-order valence-electron chi connectivity index (χ1n) is 47.4. The van der Waals surface area contributed by atoms with Gasteiger partial charge in [0.15, 0.2) is 12.2 Å². The standard InChI is InChI=1S/C92H180O17P2/c1-8-10-11-12-13-14-15-16-17-18-19-20-21-25-28-34-39-44-52-59-66-73-89(94)102-79-87(108-91(96)75-68-61-54-45-40-35-29-26-23-22-24-27-32-37-42-49-56-63-70-83(3)4)81-106-110(98,99)104-77-86(93)78-105-111(100,101)107-82-88(80-103-90(95)74-67-60-53-48-47-51-58-65-72-85(7)9-2)109-92(97)76-69-62-55-46-41-36-31-30-33-38-43-50-57-64-71-84(5)6/h83-88,93H,8-82H2,1-7H3,(H,98,99)(H,100,101)/t85?,86-,87-,88-/m1/s1. The van der Waals surface area contributed by atoms with Gasteiger partial charge in [0, 0.05) is 25.7 Å². The summed E-state index contributed by atoms with van der Waals surface area (Å²) in [6.07, 6.45) is 75.1. The third-order valence-corrected chi connectivity index (χ3v) is 23.9. The Kier molecular flexibility index (Phi) is 80.4. The average molecular weight is 1620 g/mol. The first-order chi connectivity index (χ1) is 53.8. The molecule has 0 aromatic carbocycles. The minimum atomic E-state index is -4.97. The van der Waals surface area contributed by atoms with Crippen LogP contribution in [-0.4, -0.2) is 96.7 Å². The maximum absolute atomic E-state index is 13.2. The summed E-state index contributed by atoms with van der Waals surface area (Å²) in [6.45, 7) is 12.1. The molecule has 0 aliphatic carbocycles. The summed E-state index contributed by atoms with van der Waals surface area (Å²) in [5.41, 5.74) is 0. The van der Waals surface area contributed by atoms with Crippen LogP contribution in [0, 0.1) is 17.8 Å². The Morgan fingerprint density at radius 1 is 0.261 bits per heavy atom. The molecule has 0 bridgehead atoms. The van der Waals surface area contributed by atoms with Crippen LogP contribution in [0.3, 0.4) is 0 Å². The molecule has 6 atom stereocenters. The number of esters is 4. The van der Waals surface area contributed by atoms with Crippen LogP contribution in [0.2, 0.25) is 0 Å². The van der Waals surface area contributed by atoms with Gasteiger partial charge in [-0.25, -0.2) is 9.13 Å². The maximum atomic E-state index is 13.2. The van der Waals surface area contributed by atoms with E-state index in [9.17, 15) is 43.2 Å². The zero-order chi connectivity index (χ0) is 81.5. The second kappa shape index (κ2) is 81.8. The van der Waals surface area contributed by atoms with Gasteiger partial charge >= 0.3 is 39.5 Å². The quantitative estimate of drug-likeness (QED) is 0.0222. The lowest BCUT2D eigenvalue weighted by Crippen LogP contribution is -2.30. The highest BCUT2D eigenvalue weighted by molar-refractivity contribution is 7.47. The summed E-state index contributed by atoms with van der Waals surface area (Å²) >= 11 is 0. The Morgan fingerprint density at radius 3 is 0.685 bits per heavy atom. The van der Waals surface area contributed by atoms with Crippen molar-refractivity contribution in [2.75, 3.05) is 39.6 Å². The summed E-state index contributed by atoms with van der Waals surface area (Å²) in [4.78, 5) is 73.5. The Balaban J connectivity index is 5.25. The van der Waals surface area contributed by atoms with E-state index >= 15 is 0 Å². The highest BCUT2D eigenvalue weighted by Crippen LogP contribution is 2.45. The van der Waals surface area contributed by atoms with Crippen molar-refractivity contribution in [2.45, 2.75) is 510 Å². The predicted molar refractivity (Wildman–Crippen MR) is 460 cm³/mol. The number of carbonyl (C=O) groups is 4. The van der Waals surface area contributed by atoms with Gasteiger partial charge in [-0.1, -0.05) is 440 Å². The van der Waals surface area contributed by atoms with Crippen molar-refractivity contribution < 1.29 is 80.2 Å². The summed E-state index contributed by atoms with van der Waals surface area (Å²) in [5.74, 6) is 0.295. The van der Waals surface area contributed by atoms with Gasteiger partial charge in [-0.3, -0.25) is 37.3 Å². The fourth-order valence-electron chi connectivity index (χ4n) is 14.4. The van der Waals surface area contributed by atoms with Crippen molar-refractivity contribution in [1.82, 2.24) is 0 Å². The minimum absolute atomic E-state index is 0.107. The number of ether oxygens (including phenoxy) is 4. The molecule has 0 aromatic heterocycles. The van der Waals surface area contributed by atoms with Gasteiger partial charge in [-0.2, -0.15) is 0 Å². The van der Waals surface area contributed by atoms with Gasteiger partial charge in [0.2, 0.25) is 0 Å². The predicted octanol–water partition coefficient (Wildman–Crippen LogP) is 28.4. The SMILES string of the molecule is CCCCCCCCCCCCCCCCCCCCCCCC(=O)OC[C@H](COP(=O)(O)OC[C@@H](O)COP(=O)(O)OC[C@@H](COC(=O)CCCCCCCCCCC(C)CC)OC(=O)CCCCCCCCCCCCCCCCC(C)C)OC(=O)CCCCCCCCCCCCCCCCCCCCC(C)C. The van der Waals surface area contributed by atoms with E-state index in [4.69, 9.17) is 37.0 Å². The van der Waals surface area contributed by atoms with Crippen molar-refractivity contribution >= 4 is 39.5 Å². The summed E-state index contributed by atoms with van der Waals surface area (Å²) < 4.78 is 69.1. The molecule has 0 radical (unpaired) electrons. The van der Waals surface area contributed by atoms with Gasteiger partial charge in [0.05, 0.1) is 26.4 Å². The maximum Gasteiger partial charge on any atom is 0.472 e. The number of hydrogen-bond acceptors (Lipinski definition) is 15. The second-order valence-electron chi connectivity index (χ2n) is 34.2. The van der Waals surface area contributed by atoms with Gasteiger partial charge < -0.3 is 33.8 Å². The number of aliphatic hydroxyl groups is 1. The van der Waals surface area contributed by atoms with Gasteiger partial charge in [0.1, 0.15) is 19.3 Å². The van der Waals surface area contributed by atoms with E-state index < -0.39 is 97.5 Å². The van der Waals surface area contributed by atoms with Gasteiger partial charge in [0.25, 0.3) is 0 Å². The third-order valence-electron chi connectivity index (χ3n) is 22.0. The number of phosphoric ester groups is 2. The Hall–Kier alpha value is -1.94. The van der Waals surface area contributed by atoms with Crippen molar-refractivity contribution in [3.05, 3.63) is 0 Å². The minimum Gasteiger partial charge on any atom is -0.462 e. The third kappa shape index (κ3) is 84.3. The molecule has 0 heterocycles. The number of carbonyl (C=O) groups excluding carboxylic acids is 4. The number of unbranched alkanes of at least 4 members (excludes halogenated alkanes) is 57. The molecule has 0 amide bonds.